The molecule has 1 fully saturated rings. The number of aryl methyl sites for hydroxylation is 1. The maximum Gasteiger partial charge on any atom is 0.416 e. The van der Waals surface area contributed by atoms with Gasteiger partial charge in [-0.05, 0) is 60.5 Å². The molecule has 1 aromatic heterocycles. The van der Waals surface area contributed by atoms with Crippen LogP contribution in [0.4, 0.5) is 18.9 Å². The van der Waals surface area contributed by atoms with Gasteiger partial charge >= 0.3 is 6.18 Å². The van der Waals surface area contributed by atoms with Crippen LogP contribution in [0.1, 0.15) is 27.9 Å². The number of piperazine rings is 1. The molecule has 1 aliphatic rings. The molecule has 1 N–H and O–H groups in total. The van der Waals surface area contributed by atoms with E-state index in [0.717, 1.165) is 23.7 Å². The van der Waals surface area contributed by atoms with E-state index < -0.39 is 11.7 Å². The van der Waals surface area contributed by atoms with E-state index in [1.807, 2.05) is 23.1 Å². The van der Waals surface area contributed by atoms with Crippen molar-refractivity contribution < 1.29 is 18.0 Å². The molecule has 4 aromatic rings. The Morgan fingerprint density at radius 1 is 0.884 bits per heavy atom. The lowest BCUT2D eigenvalue weighted by Crippen LogP contribution is -2.46. The first-order valence-corrected chi connectivity index (χ1v) is 14.4. The number of carbonyl (C=O) groups is 1. The quantitative estimate of drug-likeness (QED) is 0.263. The van der Waals surface area contributed by atoms with E-state index in [-0.39, 0.29) is 18.0 Å². The van der Waals surface area contributed by atoms with Crippen molar-refractivity contribution in [3.05, 3.63) is 117 Å². The number of rotatable bonds is 9. The minimum Gasteiger partial charge on any atom is -0.369 e. The first kappa shape index (κ1) is 30.3. The van der Waals surface area contributed by atoms with Gasteiger partial charge in [0.1, 0.15) is 0 Å². The first-order chi connectivity index (χ1) is 20.7. The molecule has 1 amide bonds. The third-order valence-corrected chi connectivity index (χ3v) is 7.81. The highest BCUT2D eigenvalue weighted by molar-refractivity contribution is 6.31. The van der Waals surface area contributed by atoms with Gasteiger partial charge in [-0.3, -0.25) is 14.5 Å². The van der Waals surface area contributed by atoms with E-state index in [1.54, 1.807) is 42.5 Å². The summed E-state index contributed by atoms with van der Waals surface area (Å²) in [6.07, 6.45) is -3.67. The lowest BCUT2D eigenvalue weighted by molar-refractivity contribution is -0.137. The average Bonchev–Trinajstić information content (AvgIpc) is 3.02. The average molecular weight is 610 g/mol. The summed E-state index contributed by atoms with van der Waals surface area (Å²) in [7, 11) is 0. The van der Waals surface area contributed by atoms with Crippen LogP contribution in [0.25, 0.3) is 11.3 Å². The summed E-state index contributed by atoms with van der Waals surface area (Å²) in [5, 5.41) is 7.97. The maximum atomic E-state index is 13.1. The van der Waals surface area contributed by atoms with Crippen molar-refractivity contribution in [1.82, 2.24) is 20.0 Å². The fourth-order valence-electron chi connectivity index (χ4n) is 5.05. The molecular formula is C32H31ClF3N5O2. The summed E-state index contributed by atoms with van der Waals surface area (Å²) in [6, 6.07) is 22.9. The zero-order chi connectivity index (χ0) is 30.4. The van der Waals surface area contributed by atoms with Gasteiger partial charge in [-0.15, -0.1) is 0 Å². The standard InChI is InChI=1S/C32H31ClF3N5O2/c33-28-11-10-24(20-25(28)22-37-31(43)23-6-2-1-3-7-23)29-12-13-30(42)41(38-29)15-5-14-39-16-18-40(19-17-39)27-9-4-8-26(21-27)32(34,35)36/h1-4,6-13,20-21H,5,14-19,22H2,(H,37,43). The maximum absolute atomic E-state index is 13.1. The molecule has 1 aliphatic heterocycles. The summed E-state index contributed by atoms with van der Waals surface area (Å²) < 4.78 is 40.7. The molecule has 0 bridgehead atoms. The van der Waals surface area contributed by atoms with Crippen LogP contribution in [0.15, 0.2) is 89.7 Å². The van der Waals surface area contributed by atoms with E-state index in [4.69, 9.17) is 11.6 Å². The third-order valence-electron chi connectivity index (χ3n) is 7.44. The number of nitrogens with one attached hydrogen (secondary N) is 1. The summed E-state index contributed by atoms with van der Waals surface area (Å²) >= 11 is 6.40. The van der Waals surface area contributed by atoms with Gasteiger partial charge in [0.2, 0.25) is 0 Å². The molecule has 11 heteroatoms. The third kappa shape index (κ3) is 7.82. The van der Waals surface area contributed by atoms with Crippen molar-refractivity contribution in [1.29, 1.82) is 0 Å². The Balaban J connectivity index is 1.16. The normalized spacial score (nSPS) is 14.1. The van der Waals surface area contributed by atoms with Crippen molar-refractivity contribution in [2.45, 2.75) is 25.7 Å². The number of carbonyl (C=O) groups excluding carboxylic acids is 1. The molecular weight excluding hydrogens is 579 g/mol. The number of anilines is 1. The van der Waals surface area contributed by atoms with Crippen LogP contribution in [0.2, 0.25) is 5.02 Å². The number of amides is 1. The van der Waals surface area contributed by atoms with Crippen LogP contribution in [0.3, 0.4) is 0 Å². The molecule has 7 nitrogen and oxygen atoms in total. The second-order valence-corrected chi connectivity index (χ2v) is 10.8. The van der Waals surface area contributed by atoms with Crippen molar-refractivity contribution >= 4 is 23.2 Å². The minimum absolute atomic E-state index is 0.203. The highest BCUT2D eigenvalue weighted by Crippen LogP contribution is 2.32. The molecule has 0 aliphatic carbocycles. The molecule has 3 aromatic carbocycles. The van der Waals surface area contributed by atoms with Crippen LogP contribution in [-0.4, -0.2) is 53.3 Å². The van der Waals surface area contributed by atoms with Crippen LogP contribution in [0.5, 0.6) is 0 Å². The summed E-state index contributed by atoms with van der Waals surface area (Å²) in [5.74, 6) is -0.203. The topological polar surface area (TPSA) is 70.5 Å². The van der Waals surface area contributed by atoms with E-state index in [9.17, 15) is 22.8 Å². The van der Waals surface area contributed by atoms with Crippen LogP contribution < -0.4 is 15.8 Å². The van der Waals surface area contributed by atoms with Crippen LogP contribution >= 0.6 is 11.6 Å². The number of hydrogen-bond donors (Lipinski definition) is 1. The highest BCUT2D eigenvalue weighted by atomic mass is 35.5. The summed E-state index contributed by atoms with van der Waals surface area (Å²) in [5.41, 5.74) is 2.40. The van der Waals surface area contributed by atoms with Gasteiger partial charge in [0.05, 0.1) is 11.3 Å². The molecule has 0 spiro atoms. The summed E-state index contributed by atoms with van der Waals surface area (Å²) in [6.45, 7) is 4.08. The fourth-order valence-corrected chi connectivity index (χ4v) is 5.24. The second kappa shape index (κ2) is 13.4. The number of nitrogens with zero attached hydrogens (tertiary/aromatic N) is 4. The minimum atomic E-state index is -4.36. The van der Waals surface area contributed by atoms with Crippen molar-refractivity contribution in [3.8, 4) is 11.3 Å². The Morgan fingerprint density at radius 2 is 1.65 bits per heavy atom. The van der Waals surface area contributed by atoms with Gasteiger partial charge in [0.25, 0.3) is 11.5 Å². The van der Waals surface area contributed by atoms with E-state index in [2.05, 4.69) is 15.3 Å². The Bertz CT molecular complexity index is 1620. The number of hydrogen-bond acceptors (Lipinski definition) is 5. The number of aromatic nitrogens is 2. The Kier molecular flexibility index (Phi) is 9.47. The molecule has 0 unspecified atom stereocenters. The smallest absolute Gasteiger partial charge is 0.369 e. The fraction of sp³-hybridized carbons (Fsp3) is 0.281. The molecule has 0 atom stereocenters. The SMILES string of the molecule is O=C(NCc1cc(-c2ccc(=O)n(CCCN3CCN(c4cccc(C(F)(F)F)c4)CC3)n2)ccc1Cl)c1ccccc1. The van der Waals surface area contributed by atoms with Gasteiger partial charge in [0.15, 0.2) is 0 Å². The zero-order valence-electron chi connectivity index (χ0n) is 23.4. The Hall–Kier alpha value is -4.15. The molecule has 1 saturated heterocycles. The molecule has 0 saturated carbocycles. The van der Waals surface area contributed by atoms with Crippen LogP contribution in [0, 0.1) is 0 Å². The first-order valence-electron chi connectivity index (χ1n) is 14.0. The van der Waals surface area contributed by atoms with Gasteiger partial charge in [-0.2, -0.15) is 18.3 Å². The second-order valence-electron chi connectivity index (χ2n) is 10.4. The van der Waals surface area contributed by atoms with E-state index in [1.165, 1.54) is 22.9 Å². The van der Waals surface area contributed by atoms with Crippen LogP contribution in [-0.2, 0) is 19.3 Å². The van der Waals surface area contributed by atoms with Crippen molar-refractivity contribution in [2.75, 3.05) is 37.6 Å². The lowest BCUT2D eigenvalue weighted by atomic mass is 10.1. The number of alkyl halides is 3. The van der Waals surface area contributed by atoms with Gasteiger partial charge < -0.3 is 10.2 Å². The van der Waals surface area contributed by atoms with Gasteiger partial charge in [0, 0.05) is 73.7 Å². The Labute approximate surface area is 252 Å². The largest absolute Gasteiger partial charge is 0.416 e. The van der Waals surface area contributed by atoms with E-state index in [0.29, 0.717) is 61.1 Å². The molecule has 0 radical (unpaired) electrons. The number of halogens is 4. The predicted molar refractivity (Wildman–Crippen MR) is 161 cm³/mol. The monoisotopic (exact) mass is 609 g/mol. The van der Waals surface area contributed by atoms with Crippen molar-refractivity contribution in [3.63, 3.8) is 0 Å². The number of benzene rings is 3. The van der Waals surface area contributed by atoms with Crippen molar-refractivity contribution in [2.24, 2.45) is 0 Å². The lowest BCUT2D eigenvalue weighted by Gasteiger charge is -2.36. The highest BCUT2D eigenvalue weighted by Gasteiger charge is 2.31. The Morgan fingerprint density at radius 3 is 2.40 bits per heavy atom. The van der Waals surface area contributed by atoms with Gasteiger partial charge in [-0.25, -0.2) is 4.68 Å². The summed E-state index contributed by atoms with van der Waals surface area (Å²) in [4.78, 5) is 29.2. The molecule has 5 rings (SSSR count). The van der Waals surface area contributed by atoms with E-state index >= 15 is 0 Å². The molecule has 2 heterocycles. The van der Waals surface area contributed by atoms with Gasteiger partial charge in [-0.1, -0.05) is 41.9 Å². The predicted octanol–water partition coefficient (Wildman–Crippen LogP) is 5.72. The molecule has 224 valence electrons. The molecule has 43 heavy (non-hydrogen) atoms. The zero-order valence-corrected chi connectivity index (χ0v) is 24.1.